The van der Waals surface area contributed by atoms with Crippen LogP contribution in [0.2, 0.25) is 0 Å². The Morgan fingerprint density at radius 1 is 1.03 bits per heavy atom. The number of pyridine rings is 1. The van der Waals surface area contributed by atoms with Gasteiger partial charge in [0.25, 0.3) is 11.5 Å². The van der Waals surface area contributed by atoms with Crippen molar-refractivity contribution in [2.45, 2.75) is 25.3 Å². The SMILES string of the molecule is Cc1ccc(C)c(Cn2cc(C(=O)Nc3ccc(S(N)(=O)=O)cc3)ccc2=O)c1. The van der Waals surface area contributed by atoms with Crippen LogP contribution in [0.15, 0.2) is 70.5 Å². The molecule has 1 heterocycles. The molecule has 0 aliphatic rings. The molecule has 1 amide bonds. The second-order valence-corrected chi connectivity index (χ2v) is 8.40. The van der Waals surface area contributed by atoms with Crippen molar-refractivity contribution >= 4 is 21.6 Å². The van der Waals surface area contributed by atoms with Gasteiger partial charge in [0.05, 0.1) is 17.0 Å². The van der Waals surface area contributed by atoms with Gasteiger partial charge in [0, 0.05) is 18.0 Å². The number of hydrogen-bond donors (Lipinski definition) is 2. The Morgan fingerprint density at radius 3 is 2.38 bits per heavy atom. The quantitative estimate of drug-likeness (QED) is 0.671. The molecule has 0 aliphatic carbocycles. The lowest BCUT2D eigenvalue weighted by molar-refractivity contribution is 0.102. The van der Waals surface area contributed by atoms with E-state index in [4.69, 9.17) is 5.14 Å². The lowest BCUT2D eigenvalue weighted by Crippen LogP contribution is -2.23. The van der Waals surface area contributed by atoms with Crippen molar-refractivity contribution in [2.75, 3.05) is 5.32 Å². The Balaban J connectivity index is 1.82. The summed E-state index contributed by atoms with van der Waals surface area (Å²) >= 11 is 0. The lowest BCUT2D eigenvalue weighted by Gasteiger charge is -2.12. The van der Waals surface area contributed by atoms with Crippen LogP contribution in [0.1, 0.15) is 27.0 Å². The van der Waals surface area contributed by atoms with Crippen LogP contribution in [0, 0.1) is 13.8 Å². The molecule has 0 saturated heterocycles. The highest BCUT2D eigenvalue weighted by Gasteiger charge is 2.11. The average molecular weight is 411 g/mol. The van der Waals surface area contributed by atoms with Gasteiger partial charge >= 0.3 is 0 Å². The summed E-state index contributed by atoms with van der Waals surface area (Å²) in [7, 11) is -3.80. The predicted octanol–water partition coefficient (Wildman–Crippen LogP) is 2.41. The third-order valence-electron chi connectivity index (χ3n) is 4.53. The fourth-order valence-electron chi connectivity index (χ4n) is 2.87. The molecule has 0 bridgehead atoms. The molecule has 0 spiro atoms. The van der Waals surface area contributed by atoms with E-state index in [1.807, 2.05) is 32.0 Å². The van der Waals surface area contributed by atoms with Crippen molar-refractivity contribution in [1.82, 2.24) is 4.57 Å². The van der Waals surface area contributed by atoms with Crippen LogP contribution < -0.4 is 16.0 Å². The maximum Gasteiger partial charge on any atom is 0.257 e. The molecule has 0 radical (unpaired) electrons. The largest absolute Gasteiger partial charge is 0.322 e. The molecule has 0 saturated carbocycles. The first-order valence-electron chi connectivity index (χ1n) is 8.84. The number of nitrogens with one attached hydrogen (secondary N) is 1. The van der Waals surface area contributed by atoms with Gasteiger partial charge in [-0.05, 0) is 55.3 Å². The molecular formula is C21H21N3O4S. The molecule has 8 heteroatoms. The smallest absolute Gasteiger partial charge is 0.257 e. The number of primary sulfonamides is 1. The van der Waals surface area contributed by atoms with E-state index in [0.29, 0.717) is 17.8 Å². The molecule has 0 unspecified atom stereocenters. The molecule has 29 heavy (non-hydrogen) atoms. The lowest BCUT2D eigenvalue weighted by atomic mass is 10.1. The Labute approximate surface area is 168 Å². The number of rotatable bonds is 5. The van der Waals surface area contributed by atoms with Crippen molar-refractivity contribution in [3.63, 3.8) is 0 Å². The Bertz CT molecular complexity index is 1230. The summed E-state index contributed by atoms with van der Waals surface area (Å²) in [5.74, 6) is -0.414. The minimum Gasteiger partial charge on any atom is -0.322 e. The summed E-state index contributed by atoms with van der Waals surface area (Å²) < 4.78 is 24.1. The summed E-state index contributed by atoms with van der Waals surface area (Å²) in [6, 6.07) is 14.3. The highest BCUT2D eigenvalue weighted by atomic mass is 32.2. The number of carbonyl (C=O) groups is 1. The number of amides is 1. The molecule has 2 aromatic carbocycles. The monoisotopic (exact) mass is 411 g/mol. The standard InChI is InChI=1S/C21H21N3O4S/c1-14-3-4-15(2)17(11-14)13-24-12-16(5-10-20(24)25)21(26)23-18-6-8-19(9-7-18)29(22,27)28/h3-12H,13H2,1-2H3,(H,23,26)(H2,22,27,28). The number of aryl methyl sites for hydroxylation is 2. The van der Waals surface area contributed by atoms with E-state index in [0.717, 1.165) is 16.7 Å². The van der Waals surface area contributed by atoms with Crippen LogP contribution in [0.3, 0.4) is 0 Å². The van der Waals surface area contributed by atoms with Crippen LogP contribution in [0.25, 0.3) is 0 Å². The van der Waals surface area contributed by atoms with Gasteiger partial charge in [-0.1, -0.05) is 23.8 Å². The number of aromatic nitrogens is 1. The number of hydrogen-bond acceptors (Lipinski definition) is 4. The van der Waals surface area contributed by atoms with E-state index < -0.39 is 15.9 Å². The maximum atomic E-state index is 12.6. The van der Waals surface area contributed by atoms with E-state index in [-0.39, 0.29) is 10.5 Å². The van der Waals surface area contributed by atoms with Gasteiger partial charge in [0.2, 0.25) is 10.0 Å². The van der Waals surface area contributed by atoms with Crippen molar-refractivity contribution in [2.24, 2.45) is 5.14 Å². The Morgan fingerprint density at radius 2 is 1.72 bits per heavy atom. The first-order valence-corrected chi connectivity index (χ1v) is 10.4. The summed E-state index contributed by atoms with van der Waals surface area (Å²) in [5, 5.41) is 7.74. The van der Waals surface area contributed by atoms with Gasteiger partial charge < -0.3 is 9.88 Å². The highest BCUT2D eigenvalue weighted by Crippen LogP contribution is 2.15. The van der Waals surface area contributed by atoms with E-state index >= 15 is 0 Å². The van der Waals surface area contributed by atoms with Crippen molar-refractivity contribution in [3.05, 3.63) is 93.4 Å². The fourth-order valence-corrected chi connectivity index (χ4v) is 3.39. The number of carbonyl (C=O) groups excluding carboxylic acids is 1. The number of nitrogens with zero attached hydrogens (tertiary/aromatic N) is 1. The predicted molar refractivity (Wildman–Crippen MR) is 111 cm³/mol. The second kappa shape index (κ2) is 8.02. The van der Waals surface area contributed by atoms with Gasteiger partial charge in [-0.15, -0.1) is 0 Å². The van der Waals surface area contributed by atoms with Gasteiger partial charge in [-0.2, -0.15) is 0 Å². The van der Waals surface area contributed by atoms with E-state index in [1.165, 1.54) is 47.2 Å². The van der Waals surface area contributed by atoms with Crippen molar-refractivity contribution < 1.29 is 13.2 Å². The molecule has 3 rings (SSSR count). The van der Waals surface area contributed by atoms with Crippen LogP contribution in [-0.4, -0.2) is 18.9 Å². The van der Waals surface area contributed by atoms with Crippen LogP contribution in [-0.2, 0) is 16.6 Å². The first-order chi connectivity index (χ1) is 13.6. The third kappa shape index (κ3) is 4.98. The second-order valence-electron chi connectivity index (χ2n) is 6.84. The molecule has 3 N–H and O–H groups in total. The van der Waals surface area contributed by atoms with E-state index in [1.54, 1.807) is 0 Å². The van der Waals surface area contributed by atoms with Gasteiger partial charge in [-0.3, -0.25) is 9.59 Å². The van der Waals surface area contributed by atoms with Crippen LogP contribution in [0.5, 0.6) is 0 Å². The molecule has 0 aliphatic heterocycles. The third-order valence-corrected chi connectivity index (χ3v) is 5.46. The molecular weight excluding hydrogens is 390 g/mol. The zero-order valence-corrected chi connectivity index (χ0v) is 16.9. The summed E-state index contributed by atoms with van der Waals surface area (Å²) in [6.07, 6.45) is 1.51. The van der Waals surface area contributed by atoms with Crippen LogP contribution >= 0.6 is 0 Å². The maximum absolute atomic E-state index is 12.6. The molecule has 1 aromatic heterocycles. The molecule has 0 atom stereocenters. The van der Waals surface area contributed by atoms with Crippen molar-refractivity contribution in [3.8, 4) is 0 Å². The molecule has 7 nitrogen and oxygen atoms in total. The van der Waals surface area contributed by atoms with Gasteiger partial charge in [-0.25, -0.2) is 13.6 Å². The zero-order valence-electron chi connectivity index (χ0n) is 16.0. The zero-order chi connectivity index (χ0) is 21.2. The van der Waals surface area contributed by atoms with E-state index in [2.05, 4.69) is 5.32 Å². The molecule has 150 valence electrons. The Kier molecular flexibility index (Phi) is 5.67. The number of sulfonamides is 1. The average Bonchev–Trinajstić information content (AvgIpc) is 2.66. The van der Waals surface area contributed by atoms with Crippen LogP contribution in [0.4, 0.5) is 5.69 Å². The minimum absolute atomic E-state index is 0.0439. The Hall–Kier alpha value is -3.23. The summed E-state index contributed by atoms with van der Waals surface area (Å²) in [5.41, 5.74) is 3.67. The summed E-state index contributed by atoms with van der Waals surface area (Å²) in [6.45, 7) is 4.31. The minimum atomic E-state index is -3.80. The van der Waals surface area contributed by atoms with E-state index in [9.17, 15) is 18.0 Å². The van der Waals surface area contributed by atoms with Gasteiger partial charge in [0.15, 0.2) is 0 Å². The topological polar surface area (TPSA) is 111 Å². The first kappa shape index (κ1) is 20.5. The fraction of sp³-hybridized carbons (Fsp3) is 0.143. The number of benzene rings is 2. The molecule has 0 fully saturated rings. The summed E-state index contributed by atoms with van der Waals surface area (Å²) in [4.78, 5) is 24.8. The molecule has 3 aromatic rings. The highest BCUT2D eigenvalue weighted by molar-refractivity contribution is 7.89. The number of anilines is 1. The normalized spacial score (nSPS) is 11.3. The van der Waals surface area contributed by atoms with Gasteiger partial charge in [0.1, 0.15) is 0 Å². The number of nitrogens with two attached hydrogens (primary N) is 1. The van der Waals surface area contributed by atoms with Crippen molar-refractivity contribution in [1.29, 1.82) is 0 Å².